The topological polar surface area (TPSA) is 21.3 Å². The van der Waals surface area contributed by atoms with Crippen molar-refractivity contribution < 1.29 is 4.74 Å². The van der Waals surface area contributed by atoms with Crippen molar-refractivity contribution in [1.82, 2.24) is 5.32 Å². The Labute approximate surface area is 110 Å². The van der Waals surface area contributed by atoms with Crippen LogP contribution < -0.4 is 10.1 Å². The molecule has 0 bridgehead atoms. The lowest BCUT2D eigenvalue weighted by Crippen LogP contribution is -2.42. The largest absolute Gasteiger partial charge is 0.488 e. The molecular weight excluding hydrogens is 222 g/mol. The third kappa shape index (κ3) is 3.14. The van der Waals surface area contributed by atoms with Crippen molar-refractivity contribution in [2.75, 3.05) is 6.54 Å². The summed E-state index contributed by atoms with van der Waals surface area (Å²) >= 11 is 0. The van der Waals surface area contributed by atoms with Gasteiger partial charge in [0.1, 0.15) is 11.9 Å². The van der Waals surface area contributed by atoms with E-state index in [2.05, 4.69) is 37.0 Å². The van der Waals surface area contributed by atoms with Gasteiger partial charge in [0, 0.05) is 12.5 Å². The van der Waals surface area contributed by atoms with Crippen LogP contribution in [-0.2, 0) is 6.42 Å². The highest BCUT2D eigenvalue weighted by molar-refractivity contribution is 5.37. The molecule has 0 spiro atoms. The van der Waals surface area contributed by atoms with Crippen molar-refractivity contribution >= 4 is 0 Å². The zero-order chi connectivity index (χ0) is 12.8. The van der Waals surface area contributed by atoms with E-state index in [1.807, 2.05) is 12.1 Å². The van der Waals surface area contributed by atoms with Gasteiger partial charge >= 0.3 is 0 Å². The van der Waals surface area contributed by atoms with Crippen LogP contribution in [0.15, 0.2) is 36.9 Å². The summed E-state index contributed by atoms with van der Waals surface area (Å²) in [6.07, 6.45) is 6.72. The summed E-state index contributed by atoms with van der Waals surface area (Å²) in [6, 6.07) is 8.82. The summed E-state index contributed by atoms with van der Waals surface area (Å²) in [5.74, 6) is 1.06. The second-order valence-corrected chi connectivity index (χ2v) is 4.85. The third-order valence-electron chi connectivity index (χ3n) is 3.51. The lowest BCUT2D eigenvalue weighted by Gasteiger charge is -2.24. The molecule has 1 aromatic carbocycles. The number of fused-ring (bicyclic) bond motifs is 1. The third-order valence-corrected chi connectivity index (χ3v) is 3.51. The molecule has 0 amide bonds. The Morgan fingerprint density at radius 3 is 3.06 bits per heavy atom. The van der Waals surface area contributed by atoms with Crippen molar-refractivity contribution in [2.45, 2.75) is 44.8 Å². The molecule has 2 unspecified atom stereocenters. The maximum Gasteiger partial charge on any atom is 0.123 e. The second kappa shape index (κ2) is 6.60. The Morgan fingerprint density at radius 2 is 2.33 bits per heavy atom. The maximum absolute atomic E-state index is 6.06. The summed E-state index contributed by atoms with van der Waals surface area (Å²) in [6.45, 7) is 6.93. The zero-order valence-corrected chi connectivity index (χ0v) is 11.2. The molecule has 0 radical (unpaired) electrons. The van der Waals surface area contributed by atoms with Gasteiger partial charge < -0.3 is 10.1 Å². The molecule has 1 aliphatic heterocycles. The number of hydrogen-bond acceptors (Lipinski definition) is 2. The average Bonchev–Trinajstić information content (AvgIpc) is 2.81. The summed E-state index contributed by atoms with van der Waals surface area (Å²) in [7, 11) is 0. The van der Waals surface area contributed by atoms with Gasteiger partial charge in [0.05, 0.1) is 0 Å². The van der Waals surface area contributed by atoms with Crippen LogP contribution in [-0.4, -0.2) is 18.7 Å². The molecule has 0 aromatic heterocycles. The second-order valence-electron chi connectivity index (χ2n) is 4.85. The van der Waals surface area contributed by atoms with Gasteiger partial charge in [-0.2, -0.15) is 0 Å². The van der Waals surface area contributed by atoms with Crippen LogP contribution in [0.2, 0.25) is 0 Å². The van der Waals surface area contributed by atoms with E-state index in [0.717, 1.165) is 31.6 Å². The molecule has 0 aliphatic carbocycles. The Morgan fingerprint density at radius 1 is 1.50 bits per heavy atom. The minimum atomic E-state index is 0.284. The van der Waals surface area contributed by atoms with Crippen LogP contribution in [0, 0.1) is 0 Å². The number of nitrogens with one attached hydrogen (secondary N) is 1. The predicted molar refractivity (Wildman–Crippen MR) is 76.1 cm³/mol. The van der Waals surface area contributed by atoms with Crippen molar-refractivity contribution in [2.24, 2.45) is 0 Å². The first-order valence-corrected chi connectivity index (χ1v) is 6.94. The lowest BCUT2D eigenvalue weighted by atomic mass is 9.99. The zero-order valence-electron chi connectivity index (χ0n) is 11.2. The highest BCUT2D eigenvalue weighted by Gasteiger charge is 2.29. The average molecular weight is 245 g/mol. The fourth-order valence-electron chi connectivity index (χ4n) is 2.60. The normalized spacial score (nSPS) is 19.1. The number of likely N-dealkylation sites (N-methyl/N-ethyl adjacent to an activating group) is 1. The molecule has 0 saturated carbocycles. The molecule has 2 heteroatoms. The Kier molecular flexibility index (Phi) is 4.82. The lowest BCUT2D eigenvalue weighted by molar-refractivity contribution is 0.171. The van der Waals surface area contributed by atoms with Crippen LogP contribution >= 0.6 is 0 Å². The number of rotatable bonds is 7. The van der Waals surface area contributed by atoms with Crippen LogP contribution in [0.5, 0.6) is 5.75 Å². The van der Waals surface area contributed by atoms with Gasteiger partial charge in [0.25, 0.3) is 0 Å². The van der Waals surface area contributed by atoms with Gasteiger partial charge in [-0.05, 0) is 37.4 Å². The number of unbranched alkanes of at least 4 members (excludes halogenated alkanes) is 1. The Bertz CT molecular complexity index is 363. The minimum absolute atomic E-state index is 0.284. The summed E-state index contributed by atoms with van der Waals surface area (Å²) in [5.41, 5.74) is 1.34. The first-order valence-electron chi connectivity index (χ1n) is 6.94. The number of benzene rings is 1. The first kappa shape index (κ1) is 13.2. The standard InChI is InChI=1S/C16H23NO/c1-3-5-6-10-14(17-4-2)16-12-13-9-7-8-11-15(13)18-16/h3,7-9,11,14,16-17H,1,4-6,10,12H2,2H3. The molecule has 18 heavy (non-hydrogen) atoms. The fourth-order valence-corrected chi connectivity index (χ4v) is 2.60. The number of allylic oxidation sites excluding steroid dienone is 1. The molecule has 1 heterocycles. The van der Waals surface area contributed by atoms with E-state index in [-0.39, 0.29) is 6.10 Å². The summed E-state index contributed by atoms with van der Waals surface area (Å²) in [4.78, 5) is 0. The van der Waals surface area contributed by atoms with Crippen molar-refractivity contribution in [3.63, 3.8) is 0 Å². The molecular formula is C16H23NO. The molecule has 1 aliphatic rings. The van der Waals surface area contributed by atoms with E-state index in [1.165, 1.54) is 12.0 Å². The molecule has 1 N–H and O–H groups in total. The van der Waals surface area contributed by atoms with Crippen molar-refractivity contribution in [1.29, 1.82) is 0 Å². The number of ether oxygens (including phenoxy) is 1. The maximum atomic E-state index is 6.06. The first-order chi connectivity index (χ1) is 8.85. The van der Waals surface area contributed by atoms with E-state index in [0.29, 0.717) is 6.04 Å². The molecule has 2 nitrogen and oxygen atoms in total. The quantitative estimate of drug-likeness (QED) is 0.587. The smallest absolute Gasteiger partial charge is 0.123 e. The van der Waals surface area contributed by atoms with Gasteiger partial charge in [0.15, 0.2) is 0 Å². The van der Waals surface area contributed by atoms with Crippen LogP contribution in [0.25, 0.3) is 0 Å². The SMILES string of the molecule is C=CCCCC(NCC)C1Cc2ccccc2O1. The van der Waals surface area contributed by atoms with Gasteiger partial charge in [-0.3, -0.25) is 0 Å². The number of para-hydroxylation sites is 1. The highest BCUT2D eigenvalue weighted by atomic mass is 16.5. The van der Waals surface area contributed by atoms with Crippen molar-refractivity contribution in [3.05, 3.63) is 42.5 Å². The summed E-state index contributed by atoms with van der Waals surface area (Å²) in [5, 5.41) is 3.56. The predicted octanol–water partition coefficient (Wildman–Crippen LogP) is 3.32. The fraction of sp³-hybridized carbons (Fsp3) is 0.500. The molecule has 2 atom stereocenters. The molecule has 2 rings (SSSR count). The van der Waals surface area contributed by atoms with E-state index in [1.54, 1.807) is 0 Å². The van der Waals surface area contributed by atoms with Crippen LogP contribution in [0.4, 0.5) is 0 Å². The molecule has 98 valence electrons. The van der Waals surface area contributed by atoms with E-state index < -0.39 is 0 Å². The van der Waals surface area contributed by atoms with Crippen molar-refractivity contribution in [3.8, 4) is 5.75 Å². The number of hydrogen-bond donors (Lipinski definition) is 1. The van der Waals surface area contributed by atoms with Gasteiger partial charge in [-0.15, -0.1) is 6.58 Å². The van der Waals surface area contributed by atoms with E-state index >= 15 is 0 Å². The van der Waals surface area contributed by atoms with E-state index in [9.17, 15) is 0 Å². The molecule has 0 fully saturated rings. The monoisotopic (exact) mass is 245 g/mol. The Hall–Kier alpha value is -1.28. The molecule has 1 aromatic rings. The van der Waals surface area contributed by atoms with Gasteiger partial charge in [-0.25, -0.2) is 0 Å². The minimum Gasteiger partial charge on any atom is -0.488 e. The van der Waals surface area contributed by atoms with Crippen LogP contribution in [0.3, 0.4) is 0 Å². The van der Waals surface area contributed by atoms with Crippen LogP contribution in [0.1, 0.15) is 31.7 Å². The van der Waals surface area contributed by atoms with Gasteiger partial charge in [0.2, 0.25) is 0 Å². The van der Waals surface area contributed by atoms with E-state index in [4.69, 9.17) is 4.74 Å². The summed E-state index contributed by atoms with van der Waals surface area (Å²) < 4.78 is 6.06. The Balaban J connectivity index is 1.94. The molecule has 0 saturated heterocycles. The van der Waals surface area contributed by atoms with Gasteiger partial charge in [-0.1, -0.05) is 31.2 Å². The highest BCUT2D eigenvalue weighted by Crippen LogP contribution is 2.30.